The van der Waals surface area contributed by atoms with Crippen molar-refractivity contribution in [3.05, 3.63) is 96.4 Å². The predicted octanol–water partition coefficient (Wildman–Crippen LogP) is 2.64. The highest BCUT2D eigenvalue weighted by Crippen LogP contribution is 2.15. The van der Waals surface area contributed by atoms with E-state index in [1.165, 1.54) is 16.6 Å². The lowest BCUT2D eigenvalue weighted by atomic mass is 10.1. The fraction of sp³-hybridized carbons (Fsp3) is 0.217. The predicted molar refractivity (Wildman–Crippen MR) is 121 cm³/mol. The van der Waals surface area contributed by atoms with Gasteiger partial charge in [0.05, 0.1) is 4.53 Å². The summed E-state index contributed by atoms with van der Waals surface area (Å²) < 4.78 is 14.7. The van der Waals surface area contributed by atoms with Gasteiger partial charge in [-0.25, -0.2) is 4.39 Å². The summed E-state index contributed by atoms with van der Waals surface area (Å²) in [5, 5.41) is 4.23. The van der Waals surface area contributed by atoms with E-state index < -0.39 is 5.56 Å². The van der Waals surface area contributed by atoms with Crippen LogP contribution in [0.4, 0.5) is 10.1 Å². The Bertz CT molecular complexity index is 1370. The first kappa shape index (κ1) is 20.9. The number of anilines is 1. The molecule has 0 unspecified atom stereocenters. The lowest BCUT2D eigenvalue weighted by Gasteiger charge is -2.20. The second-order valence-electron chi connectivity index (χ2n) is 7.04. The fourth-order valence-electron chi connectivity index (χ4n) is 3.37. The van der Waals surface area contributed by atoms with E-state index in [0.717, 1.165) is 41.2 Å². The number of hydrogen-bond donors (Lipinski definition) is 0. The van der Waals surface area contributed by atoms with Gasteiger partial charge in [-0.1, -0.05) is 35.6 Å². The van der Waals surface area contributed by atoms with E-state index in [1.807, 2.05) is 24.3 Å². The minimum absolute atomic E-state index is 0.147. The maximum Gasteiger partial charge on any atom is 0.296 e. The highest BCUT2D eigenvalue weighted by molar-refractivity contribution is 7.15. The van der Waals surface area contributed by atoms with E-state index in [1.54, 1.807) is 18.2 Å². The molecule has 0 aliphatic carbocycles. The molecule has 31 heavy (non-hydrogen) atoms. The summed E-state index contributed by atoms with van der Waals surface area (Å²) in [4.78, 5) is 31.7. The van der Waals surface area contributed by atoms with Crippen LogP contribution in [0.1, 0.15) is 30.7 Å². The Kier molecular flexibility index (Phi) is 5.90. The topological polar surface area (TPSA) is 67.6 Å². The van der Waals surface area contributed by atoms with Crippen LogP contribution in [0.3, 0.4) is 0 Å². The first-order chi connectivity index (χ1) is 15.0. The van der Waals surface area contributed by atoms with Gasteiger partial charge in [-0.2, -0.15) is 14.6 Å². The maximum atomic E-state index is 13.1. The van der Waals surface area contributed by atoms with Crippen molar-refractivity contribution >= 4 is 28.1 Å². The largest absolute Gasteiger partial charge is 0.372 e. The van der Waals surface area contributed by atoms with Gasteiger partial charge >= 0.3 is 0 Å². The molecular formula is C23H21FN4O2S. The molecule has 0 spiro atoms. The summed E-state index contributed by atoms with van der Waals surface area (Å²) >= 11 is 1.13. The van der Waals surface area contributed by atoms with Crippen LogP contribution in [0, 0.1) is 5.82 Å². The van der Waals surface area contributed by atoms with Crippen LogP contribution in [0.15, 0.2) is 58.1 Å². The van der Waals surface area contributed by atoms with E-state index in [4.69, 9.17) is 0 Å². The number of aromatic nitrogens is 3. The third kappa shape index (κ3) is 4.39. The Labute approximate surface area is 181 Å². The van der Waals surface area contributed by atoms with E-state index in [9.17, 15) is 14.0 Å². The molecule has 4 aromatic rings. The summed E-state index contributed by atoms with van der Waals surface area (Å²) in [6.07, 6.45) is 1.95. The Morgan fingerprint density at radius 1 is 1.03 bits per heavy atom. The molecule has 158 valence electrons. The van der Waals surface area contributed by atoms with Gasteiger partial charge in [-0.3, -0.25) is 9.59 Å². The van der Waals surface area contributed by atoms with E-state index in [-0.39, 0.29) is 28.5 Å². The van der Waals surface area contributed by atoms with E-state index >= 15 is 0 Å². The number of halogens is 1. The Morgan fingerprint density at radius 3 is 2.35 bits per heavy atom. The molecule has 0 atom stereocenters. The van der Waals surface area contributed by atoms with Gasteiger partial charge in [0.15, 0.2) is 0 Å². The summed E-state index contributed by atoms with van der Waals surface area (Å²) in [6.45, 7) is 6.06. The van der Waals surface area contributed by atoms with Gasteiger partial charge in [-0.15, -0.1) is 0 Å². The highest BCUT2D eigenvalue weighted by atomic mass is 32.1. The smallest absolute Gasteiger partial charge is 0.296 e. The normalized spacial score (nSPS) is 11.9. The van der Waals surface area contributed by atoms with Crippen molar-refractivity contribution in [2.24, 2.45) is 0 Å². The first-order valence-electron chi connectivity index (χ1n) is 10.0. The van der Waals surface area contributed by atoms with Crippen molar-refractivity contribution in [3.63, 3.8) is 0 Å². The summed E-state index contributed by atoms with van der Waals surface area (Å²) in [5.41, 5.74) is 2.07. The molecule has 0 N–H and O–H groups in total. The zero-order valence-corrected chi connectivity index (χ0v) is 18.0. The van der Waals surface area contributed by atoms with Crippen LogP contribution in [0.2, 0.25) is 0 Å². The molecule has 0 fully saturated rings. The van der Waals surface area contributed by atoms with Gasteiger partial charge in [0, 0.05) is 25.2 Å². The number of hydrogen-bond acceptors (Lipinski definition) is 6. The van der Waals surface area contributed by atoms with Gasteiger partial charge in [0.25, 0.3) is 11.1 Å². The van der Waals surface area contributed by atoms with Crippen LogP contribution in [-0.2, 0) is 6.42 Å². The number of thiazole rings is 1. The highest BCUT2D eigenvalue weighted by Gasteiger charge is 2.12. The van der Waals surface area contributed by atoms with Crippen molar-refractivity contribution in [1.29, 1.82) is 0 Å². The standard InChI is InChI=1S/C23H21FN4O2S/c1-3-27(4-2)18-11-7-16(8-12-18)14-20-22(30)28-23(31-20)25-21(29)19(26-28)13-15-5-9-17(24)10-6-15/h5-12,14H,3-4,13H2,1-2H3/b20-14+. The fourth-order valence-corrected chi connectivity index (χ4v) is 4.27. The number of nitrogens with zero attached hydrogens (tertiary/aromatic N) is 4. The molecule has 0 aliphatic rings. The monoisotopic (exact) mass is 436 g/mol. The van der Waals surface area contributed by atoms with Crippen LogP contribution in [-0.4, -0.2) is 27.7 Å². The van der Waals surface area contributed by atoms with Crippen molar-refractivity contribution in [2.75, 3.05) is 18.0 Å². The summed E-state index contributed by atoms with van der Waals surface area (Å²) in [7, 11) is 0. The van der Waals surface area contributed by atoms with Crippen molar-refractivity contribution in [1.82, 2.24) is 14.6 Å². The third-order valence-corrected chi connectivity index (χ3v) is 6.01. The summed E-state index contributed by atoms with van der Waals surface area (Å²) in [6, 6.07) is 13.8. The van der Waals surface area contributed by atoms with Gasteiger partial charge in [0.1, 0.15) is 11.5 Å². The van der Waals surface area contributed by atoms with E-state index in [0.29, 0.717) is 4.53 Å². The van der Waals surface area contributed by atoms with Gasteiger partial charge < -0.3 is 4.90 Å². The van der Waals surface area contributed by atoms with Crippen LogP contribution < -0.4 is 20.6 Å². The quantitative estimate of drug-likeness (QED) is 0.465. The number of rotatable bonds is 6. The molecule has 2 heterocycles. The molecule has 6 nitrogen and oxygen atoms in total. The van der Waals surface area contributed by atoms with Crippen molar-refractivity contribution in [2.45, 2.75) is 20.3 Å². The van der Waals surface area contributed by atoms with Gasteiger partial charge in [0.2, 0.25) is 4.96 Å². The molecule has 0 bridgehead atoms. The lowest BCUT2D eigenvalue weighted by molar-refractivity contribution is 0.627. The van der Waals surface area contributed by atoms with Crippen molar-refractivity contribution in [3.8, 4) is 0 Å². The molecule has 0 amide bonds. The minimum Gasteiger partial charge on any atom is -0.372 e. The molecule has 2 aromatic heterocycles. The van der Waals surface area contributed by atoms with Gasteiger partial charge in [-0.05, 0) is 55.3 Å². The second kappa shape index (κ2) is 8.77. The van der Waals surface area contributed by atoms with Crippen molar-refractivity contribution < 1.29 is 4.39 Å². The molecular weight excluding hydrogens is 415 g/mol. The molecule has 0 aliphatic heterocycles. The van der Waals surface area contributed by atoms with E-state index in [2.05, 4.69) is 28.8 Å². The maximum absolute atomic E-state index is 13.1. The number of fused-ring (bicyclic) bond motifs is 1. The van der Waals surface area contributed by atoms with Crippen LogP contribution in [0.25, 0.3) is 11.0 Å². The zero-order valence-electron chi connectivity index (χ0n) is 17.2. The zero-order chi connectivity index (χ0) is 22.0. The SMILES string of the molecule is CCN(CC)c1ccc(/C=c2/sc3nc(=O)c(Cc4ccc(F)cc4)nn3c2=O)cc1. The summed E-state index contributed by atoms with van der Waals surface area (Å²) in [5.74, 6) is -0.355. The molecule has 0 saturated heterocycles. The minimum atomic E-state index is -0.485. The lowest BCUT2D eigenvalue weighted by Crippen LogP contribution is -2.28. The van der Waals surface area contributed by atoms with Crippen LogP contribution in [0.5, 0.6) is 0 Å². The average Bonchev–Trinajstić information content (AvgIpc) is 3.06. The average molecular weight is 437 g/mol. The molecule has 8 heteroatoms. The Morgan fingerprint density at radius 2 is 1.71 bits per heavy atom. The molecule has 0 radical (unpaired) electrons. The molecule has 2 aromatic carbocycles. The number of benzene rings is 2. The first-order valence-corrected chi connectivity index (χ1v) is 10.8. The molecule has 0 saturated carbocycles. The third-order valence-electron chi connectivity index (χ3n) is 5.05. The second-order valence-corrected chi connectivity index (χ2v) is 8.05. The Hall–Kier alpha value is -3.39. The Balaban J connectivity index is 1.70. The van der Waals surface area contributed by atoms with Crippen LogP contribution >= 0.6 is 11.3 Å². The molecule has 4 rings (SSSR count).